The van der Waals surface area contributed by atoms with Crippen molar-refractivity contribution in [1.29, 1.82) is 0 Å². The highest BCUT2D eigenvalue weighted by Crippen LogP contribution is 2.35. The third kappa shape index (κ3) is 5.21. The number of fused-ring (bicyclic) bond motifs is 1. The third-order valence-electron chi connectivity index (χ3n) is 7.43. The molecule has 0 spiro atoms. The van der Waals surface area contributed by atoms with Gasteiger partial charge in [0.1, 0.15) is 17.2 Å². The van der Waals surface area contributed by atoms with Gasteiger partial charge >= 0.3 is 5.97 Å². The largest absolute Gasteiger partial charge is 0.466 e. The summed E-state index contributed by atoms with van der Waals surface area (Å²) in [4.78, 5) is 48.7. The lowest BCUT2D eigenvalue weighted by atomic mass is 10.0. The molecule has 1 fully saturated rings. The molecule has 0 saturated carbocycles. The number of pyridine rings is 2. The fraction of sp³-hybridized carbons (Fsp3) is 0.367. The molecule has 0 amide bonds. The Morgan fingerprint density at radius 3 is 2.51 bits per heavy atom. The number of nitrogens with zero attached hydrogens (tertiary/aromatic N) is 3. The number of benzene rings is 1. The molecular weight excluding hydrogens is 494 g/mol. The van der Waals surface area contributed by atoms with Crippen molar-refractivity contribution in [3.63, 3.8) is 0 Å². The summed E-state index contributed by atoms with van der Waals surface area (Å²) in [6.07, 6.45) is 5.47. The predicted octanol–water partition coefficient (Wildman–Crippen LogP) is 4.76. The van der Waals surface area contributed by atoms with Gasteiger partial charge in [0.25, 0.3) is 10.9 Å². The second-order valence-corrected chi connectivity index (χ2v) is 10.2. The van der Waals surface area contributed by atoms with E-state index in [0.717, 1.165) is 40.6 Å². The van der Waals surface area contributed by atoms with Crippen LogP contribution >= 0.6 is 0 Å². The zero-order chi connectivity index (χ0) is 27.7. The summed E-state index contributed by atoms with van der Waals surface area (Å²) in [5, 5.41) is 8.55. The van der Waals surface area contributed by atoms with E-state index in [4.69, 9.17) is 4.74 Å². The summed E-state index contributed by atoms with van der Waals surface area (Å²) in [6.45, 7) is 8.08. The van der Waals surface area contributed by atoms with Gasteiger partial charge in [0, 0.05) is 41.2 Å². The maximum absolute atomic E-state index is 12.7. The van der Waals surface area contributed by atoms with Crippen LogP contribution in [0.1, 0.15) is 57.3 Å². The zero-order valence-electron chi connectivity index (χ0n) is 22.7. The fourth-order valence-corrected chi connectivity index (χ4v) is 5.46. The molecule has 1 saturated heterocycles. The van der Waals surface area contributed by atoms with Crippen LogP contribution in [0.15, 0.2) is 58.4 Å². The molecular formula is C30H33N5O4. The van der Waals surface area contributed by atoms with E-state index < -0.39 is 16.9 Å². The van der Waals surface area contributed by atoms with E-state index in [1.165, 1.54) is 0 Å². The van der Waals surface area contributed by atoms with Crippen molar-refractivity contribution in [2.75, 3.05) is 22.1 Å². The Labute approximate surface area is 226 Å². The van der Waals surface area contributed by atoms with Crippen molar-refractivity contribution in [3.05, 3.63) is 80.5 Å². The second-order valence-electron chi connectivity index (χ2n) is 10.2. The minimum atomic E-state index is -0.547. The summed E-state index contributed by atoms with van der Waals surface area (Å²) >= 11 is 0. The minimum absolute atomic E-state index is 0.0136. The minimum Gasteiger partial charge on any atom is -0.466 e. The van der Waals surface area contributed by atoms with Crippen molar-refractivity contribution in [2.45, 2.75) is 65.1 Å². The van der Waals surface area contributed by atoms with Gasteiger partial charge in [-0.25, -0.2) is 4.98 Å². The molecule has 2 N–H and O–H groups in total. The van der Waals surface area contributed by atoms with Crippen LogP contribution in [-0.2, 0) is 9.53 Å². The van der Waals surface area contributed by atoms with Gasteiger partial charge in [-0.3, -0.25) is 19.4 Å². The standard InChI is InChI=1S/C30H33N5O4/c1-5-39-25(36)15-24(34-26-27(29(38)28(26)37)35-18(3)6-7-19(35)4)20-8-10-22(11-9-20)33-30-23-16-31-13-12-21(23)14-17(2)32-30/h8-14,16,18-19,24,34H,5-7,15H2,1-4H3,(H,32,33)/t18?,19?,24-/m0/s1. The molecule has 2 aromatic heterocycles. The molecule has 2 unspecified atom stereocenters. The van der Waals surface area contributed by atoms with Gasteiger partial charge in [0.05, 0.1) is 19.1 Å². The number of carbonyl (C=O) groups excluding carboxylic acids is 1. The molecule has 1 aliphatic heterocycles. The van der Waals surface area contributed by atoms with Crippen LogP contribution in [0.25, 0.3) is 10.8 Å². The molecule has 0 radical (unpaired) electrons. The zero-order valence-corrected chi connectivity index (χ0v) is 22.7. The molecule has 5 rings (SSSR count). The average molecular weight is 528 g/mol. The van der Waals surface area contributed by atoms with Gasteiger partial charge in [-0.15, -0.1) is 0 Å². The van der Waals surface area contributed by atoms with E-state index in [1.807, 2.05) is 48.2 Å². The van der Waals surface area contributed by atoms with Gasteiger partial charge in [0.2, 0.25) is 0 Å². The molecule has 2 aromatic carbocycles. The van der Waals surface area contributed by atoms with E-state index in [-0.39, 0.29) is 36.8 Å². The Kier molecular flexibility index (Phi) is 7.32. The van der Waals surface area contributed by atoms with Crippen LogP contribution in [0.5, 0.6) is 0 Å². The maximum Gasteiger partial charge on any atom is 0.308 e. The first-order valence-electron chi connectivity index (χ1n) is 13.4. The highest BCUT2D eigenvalue weighted by Gasteiger charge is 2.36. The Balaban J connectivity index is 1.42. The summed E-state index contributed by atoms with van der Waals surface area (Å²) in [6, 6.07) is 11.3. The molecule has 202 valence electrons. The number of anilines is 4. The predicted molar refractivity (Wildman–Crippen MR) is 154 cm³/mol. The summed E-state index contributed by atoms with van der Waals surface area (Å²) < 4.78 is 5.21. The SMILES string of the molecule is CCOC(=O)C[C@H](Nc1c(N2C(C)CCC2C)c(=O)c1=O)c1ccc(Nc2nc(C)cc3ccncc23)cc1. The molecule has 4 aromatic rings. The number of esters is 1. The number of aromatic nitrogens is 2. The van der Waals surface area contributed by atoms with E-state index in [2.05, 4.69) is 34.4 Å². The van der Waals surface area contributed by atoms with Gasteiger partial charge in [-0.05, 0) is 75.8 Å². The average Bonchev–Trinajstić information content (AvgIpc) is 3.25. The van der Waals surface area contributed by atoms with Crippen LogP contribution in [0.3, 0.4) is 0 Å². The molecule has 3 atom stereocenters. The van der Waals surface area contributed by atoms with E-state index in [0.29, 0.717) is 11.5 Å². The summed E-state index contributed by atoms with van der Waals surface area (Å²) in [7, 11) is 0. The van der Waals surface area contributed by atoms with E-state index in [9.17, 15) is 14.4 Å². The van der Waals surface area contributed by atoms with Crippen molar-refractivity contribution in [3.8, 4) is 0 Å². The highest BCUT2D eigenvalue weighted by atomic mass is 16.5. The Hall–Kier alpha value is -4.27. The molecule has 0 aliphatic carbocycles. The van der Waals surface area contributed by atoms with Gasteiger partial charge in [0.15, 0.2) is 0 Å². The lowest BCUT2D eigenvalue weighted by molar-refractivity contribution is -0.143. The van der Waals surface area contributed by atoms with Gasteiger partial charge in [-0.1, -0.05) is 12.1 Å². The van der Waals surface area contributed by atoms with E-state index in [1.54, 1.807) is 19.3 Å². The van der Waals surface area contributed by atoms with Crippen molar-refractivity contribution >= 4 is 39.6 Å². The molecule has 1 aliphatic rings. The Morgan fingerprint density at radius 2 is 1.82 bits per heavy atom. The Bertz CT molecular complexity index is 1570. The van der Waals surface area contributed by atoms with Crippen LogP contribution < -0.4 is 26.4 Å². The second kappa shape index (κ2) is 10.8. The number of carbonyl (C=O) groups is 1. The lowest BCUT2D eigenvalue weighted by Gasteiger charge is -2.32. The number of ether oxygens (including phenoxy) is 1. The van der Waals surface area contributed by atoms with Crippen molar-refractivity contribution in [2.24, 2.45) is 0 Å². The van der Waals surface area contributed by atoms with Crippen LogP contribution in [0.2, 0.25) is 0 Å². The smallest absolute Gasteiger partial charge is 0.308 e. The lowest BCUT2D eigenvalue weighted by Crippen LogP contribution is -2.46. The van der Waals surface area contributed by atoms with Gasteiger partial charge in [-0.2, -0.15) is 0 Å². The van der Waals surface area contributed by atoms with Gasteiger partial charge < -0.3 is 20.3 Å². The number of hydrogen-bond donors (Lipinski definition) is 2. The quantitative estimate of drug-likeness (QED) is 0.235. The molecule has 39 heavy (non-hydrogen) atoms. The van der Waals surface area contributed by atoms with E-state index >= 15 is 0 Å². The summed E-state index contributed by atoms with van der Waals surface area (Å²) in [5.41, 5.74) is 2.17. The fourth-order valence-electron chi connectivity index (χ4n) is 5.46. The first kappa shape index (κ1) is 26.3. The molecule has 9 heteroatoms. The van der Waals surface area contributed by atoms with Crippen LogP contribution in [0.4, 0.5) is 22.9 Å². The molecule has 3 heterocycles. The monoisotopic (exact) mass is 527 g/mol. The number of rotatable bonds is 9. The van der Waals surface area contributed by atoms with Crippen LogP contribution in [0, 0.1) is 6.92 Å². The molecule has 9 nitrogen and oxygen atoms in total. The Morgan fingerprint density at radius 1 is 1.10 bits per heavy atom. The number of nitrogens with one attached hydrogen (secondary N) is 2. The first-order valence-corrected chi connectivity index (χ1v) is 13.4. The highest BCUT2D eigenvalue weighted by molar-refractivity contribution is 5.93. The number of aryl methyl sites for hydroxylation is 1. The van der Waals surface area contributed by atoms with Crippen molar-refractivity contribution < 1.29 is 9.53 Å². The maximum atomic E-state index is 12.7. The first-order chi connectivity index (χ1) is 18.8. The summed E-state index contributed by atoms with van der Waals surface area (Å²) in [5.74, 6) is 0.317. The topological polar surface area (TPSA) is 114 Å². The normalized spacial score (nSPS) is 17.9. The number of hydrogen-bond acceptors (Lipinski definition) is 9. The third-order valence-corrected chi connectivity index (χ3v) is 7.43. The van der Waals surface area contributed by atoms with Crippen molar-refractivity contribution in [1.82, 2.24) is 9.97 Å². The molecule has 0 bridgehead atoms. The van der Waals surface area contributed by atoms with Crippen LogP contribution in [-0.4, -0.2) is 34.6 Å².